The van der Waals surface area contributed by atoms with Crippen molar-refractivity contribution >= 4 is 27.4 Å². The van der Waals surface area contributed by atoms with Gasteiger partial charge in [-0.05, 0) is 11.6 Å². The molecule has 0 bridgehead atoms. The zero-order valence-corrected chi connectivity index (χ0v) is 8.41. The molecule has 0 aliphatic carbocycles. The van der Waals surface area contributed by atoms with Crippen molar-refractivity contribution in [3.8, 4) is 11.5 Å². The van der Waals surface area contributed by atoms with Gasteiger partial charge >= 0.3 is 5.97 Å². The predicted octanol–water partition coefficient (Wildman–Crippen LogP) is 1.94. The quantitative estimate of drug-likeness (QED) is 0.728. The monoisotopic (exact) mass is 224 g/mol. The molecule has 2 aromatic rings. The van der Waals surface area contributed by atoms with E-state index in [1.165, 1.54) is 22.8 Å². The van der Waals surface area contributed by atoms with Crippen LogP contribution >= 0.6 is 11.3 Å². The molecular formula is C10H8O4S. The number of carboxylic acids is 1. The van der Waals surface area contributed by atoms with Crippen molar-refractivity contribution in [2.24, 2.45) is 0 Å². The summed E-state index contributed by atoms with van der Waals surface area (Å²) in [5.74, 6) is -0.979. The first kappa shape index (κ1) is 9.79. The van der Waals surface area contributed by atoms with Gasteiger partial charge < -0.3 is 15.3 Å². The second-order valence-electron chi connectivity index (χ2n) is 3.14. The smallest absolute Gasteiger partial charge is 0.307 e. The second kappa shape index (κ2) is 3.43. The number of fused-ring (bicyclic) bond motifs is 1. The Hall–Kier alpha value is -1.75. The normalized spacial score (nSPS) is 10.7. The van der Waals surface area contributed by atoms with Gasteiger partial charge in [-0.1, -0.05) is 6.07 Å². The van der Waals surface area contributed by atoms with Gasteiger partial charge in [-0.2, -0.15) is 0 Å². The first-order valence-electron chi connectivity index (χ1n) is 4.22. The molecule has 5 heteroatoms. The van der Waals surface area contributed by atoms with Crippen molar-refractivity contribution in [2.45, 2.75) is 6.42 Å². The highest BCUT2D eigenvalue weighted by Crippen LogP contribution is 2.39. The summed E-state index contributed by atoms with van der Waals surface area (Å²) >= 11 is 1.22. The number of carboxylic acid groups (broad SMARTS) is 1. The highest BCUT2D eigenvalue weighted by molar-refractivity contribution is 7.17. The van der Waals surface area contributed by atoms with Crippen LogP contribution in [-0.2, 0) is 11.2 Å². The van der Waals surface area contributed by atoms with Crippen molar-refractivity contribution in [1.29, 1.82) is 0 Å². The maximum Gasteiger partial charge on any atom is 0.307 e. The van der Waals surface area contributed by atoms with Crippen LogP contribution in [0, 0.1) is 0 Å². The lowest BCUT2D eigenvalue weighted by Gasteiger charge is -2.01. The molecule has 1 heterocycles. The number of carbonyl (C=O) groups is 1. The molecular weight excluding hydrogens is 216 g/mol. The molecule has 0 saturated heterocycles. The summed E-state index contributed by atoms with van der Waals surface area (Å²) in [5, 5.41) is 29.4. The summed E-state index contributed by atoms with van der Waals surface area (Å²) in [4.78, 5) is 10.6. The Bertz CT molecular complexity index is 529. The van der Waals surface area contributed by atoms with Crippen LogP contribution in [0.1, 0.15) is 5.56 Å². The topological polar surface area (TPSA) is 77.8 Å². The molecule has 1 aromatic carbocycles. The Balaban J connectivity index is 2.67. The average Bonchev–Trinajstić information content (AvgIpc) is 2.53. The van der Waals surface area contributed by atoms with Gasteiger partial charge in [0.15, 0.2) is 0 Å². The predicted molar refractivity (Wildman–Crippen MR) is 56.5 cm³/mol. The first-order valence-corrected chi connectivity index (χ1v) is 5.10. The van der Waals surface area contributed by atoms with Crippen LogP contribution in [0.15, 0.2) is 17.5 Å². The fourth-order valence-electron chi connectivity index (χ4n) is 1.47. The Morgan fingerprint density at radius 1 is 1.27 bits per heavy atom. The van der Waals surface area contributed by atoms with Gasteiger partial charge in [0.25, 0.3) is 0 Å². The molecule has 0 aliphatic heterocycles. The zero-order chi connectivity index (χ0) is 11.0. The third kappa shape index (κ3) is 1.61. The molecule has 4 nitrogen and oxygen atoms in total. The molecule has 0 aliphatic rings. The maximum atomic E-state index is 10.6. The second-order valence-corrected chi connectivity index (χ2v) is 4.02. The number of thiophene rings is 1. The van der Waals surface area contributed by atoms with E-state index < -0.39 is 5.97 Å². The van der Waals surface area contributed by atoms with Gasteiger partial charge in [0.05, 0.1) is 11.8 Å². The molecule has 0 atom stereocenters. The molecule has 0 amide bonds. The summed E-state index contributed by atoms with van der Waals surface area (Å²) in [6, 6.07) is 2.95. The van der Waals surface area contributed by atoms with E-state index in [0.29, 0.717) is 15.6 Å². The number of aliphatic carboxylic acids is 1. The Kier molecular flexibility index (Phi) is 2.24. The SMILES string of the molecule is O=C(O)Cc1ccc(O)c2c(O)csc12. The summed E-state index contributed by atoms with van der Waals surface area (Å²) in [5.41, 5.74) is 0.598. The van der Waals surface area contributed by atoms with Crippen molar-refractivity contribution in [1.82, 2.24) is 0 Å². The number of phenolic OH excluding ortho intramolecular Hbond substituents is 1. The van der Waals surface area contributed by atoms with Crippen LogP contribution in [0.3, 0.4) is 0 Å². The molecule has 78 valence electrons. The summed E-state index contributed by atoms with van der Waals surface area (Å²) in [6.07, 6.45) is -0.114. The molecule has 15 heavy (non-hydrogen) atoms. The standard InChI is InChI=1S/C10H8O4S/c11-6-2-1-5(3-8(13)14)10-9(6)7(12)4-15-10/h1-2,4,11-12H,3H2,(H,13,14). The van der Waals surface area contributed by atoms with Crippen molar-refractivity contribution < 1.29 is 20.1 Å². The molecule has 0 spiro atoms. The van der Waals surface area contributed by atoms with E-state index >= 15 is 0 Å². The van der Waals surface area contributed by atoms with E-state index in [1.54, 1.807) is 6.07 Å². The van der Waals surface area contributed by atoms with Crippen LogP contribution in [0.5, 0.6) is 11.5 Å². The van der Waals surface area contributed by atoms with Crippen molar-refractivity contribution in [3.63, 3.8) is 0 Å². The van der Waals surface area contributed by atoms with Crippen LogP contribution in [0.25, 0.3) is 10.1 Å². The lowest BCUT2D eigenvalue weighted by Crippen LogP contribution is -1.99. The highest BCUT2D eigenvalue weighted by atomic mass is 32.1. The van der Waals surface area contributed by atoms with E-state index in [9.17, 15) is 15.0 Å². The third-order valence-corrected chi connectivity index (χ3v) is 3.15. The lowest BCUT2D eigenvalue weighted by atomic mass is 10.1. The highest BCUT2D eigenvalue weighted by Gasteiger charge is 2.13. The van der Waals surface area contributed by atoms with Gasteiger partial charge in [0.1, 0.15) is 11.5 Å². The number of hydrogen-bond donors (Lipinski definition) is 3. The Labute approximate surface area is 89.0 Å². The van der Waals surface area contributed by atoms with Gasteiger partial charge in [-0.3, -0.25) is 4.79 Å². The van der Waals surface area contributed by atoms with Gasteiger partial charge in [0.2, 0.25) is 0 Å². The van der Waals surface area contributed by atoms with E-state index in [-0.39, 0.29) is 17.9 Å². The van der Waals surface area contributed by atoms with Gasteiger partial charge in [-0.25, -0.2) is 0 Å². The molecule has 1 aromatic heterocycles. The first-order chi connectivity index (χ1) is 7.09. The minimum absolute atomic E-state index is 0.0141. The van der Waals surface area contributed by atoms with E-state index in [1.807, 2.05) is 0 Å². The molecule has 2 rings (SSSR count). The van der Waals surface area contributed by atoms with Crippen LogP contribution in [0.2, 0.25) is 0 Å². The minimum Gasteiger partial charge on any atom is -0.507 e. The van der Waals surface area contributed by atoms with E-state index in [4.69, 9.17) is 5.11 Å². The fourth-order valence-corrected chi connectivity index (χ4v) is 2.44. The number of rotatable bonds is 2. The number of phenols is 1. The average molecular weight is 224 g/mol. The van der Waals surface area contributed by atoms with Gasteiger partial charge in [0, 0.05) is 10.1 Å². The Morgan fingerprint density at radius 2 is 2.00 bits per heavy atom. The Morgan fingerprint density at radius 3 is 2.67 bits per heavy atom. The summed E-state index contributed by atoms with van der Waals surface area (Å²) in [6.45, 7) is 0. The van der Waals surface area contributed by atoms with Crippen LogP contribution < -0.4 is 0 Å². The fraction of sp³-hybridized carbons (Fsp3) is 0.100. The minimum atomic E-state index is -0.935. The van der Waals surface area contributed by atoms with Crippen LogP contribution in [-0.4, -0.2) is 21.3 Å². The zero-order valence-electron chi connectivity index (χ0n) is 7.60. The molecule has 3 N–H and O–H groups in total. The van der Waals surface area contributed by atoms with E-state index in [0.717, 1.165) is 0 Å². The largest absolute Gasteiger partial charge is 0.507 e. The number of benzene rings is 1. The van der Waals surface area contributed by atoms with Crippen molar-refractivity contribution in [2.75, 3.05) is 0 Å². The maximum absolute atomic E-state index is 10.6. The molecule has 0 radical (unpaired) electrons. The summed E-state index contributed by atoms with van der Waals surface area (Å²) < 4.78 is 0.620. The number of hydrogen-bond acceptors (Lipinski definition) is 4. The van der Waals surface area contributed by atoms with Crippen molar-refractivity contribution in [3.05, 3.63) is 23.1 Å². The summed E-state index contributed by atoms with van der Waals surface area (Å²) in [7, 11) is 0. The lowest BCUT2D eigenvalue weighted by molar-refractivity contribution is -0.136. The van der Waals surface area contributed by atoms with Crippen LogP contribution in [0.4, 0.5) is 0 Å². The third-order valence-electron chi connectivity index (χ3n) is 2.10. The molecule has 0 unspecified atom stereocenters. The van der Waals surface area contributed by atoms with E-state index in [2.05, 4.69) is 0 Å². The van der Waals surface area contributed by atoms with Gasteiger partial charge in [-0.15, -0.1) is 11.3 Å². The molecule has 0 saturated carbocycles. The molecule has 0 fully saturated rings. The number of aromatic hydroxyl groups is 2.